The maximum atomic E-state index is 11.1. The lowest BCUT2D eigenvalue weighted by atomic mass is 10.2. The van der Waals surface area contributed by atoms with Crippen molar-refractivity contribution in [2.24, 2.45) is 0 Å². The molecule has 0 bridgehead atoms. The van der Waals surface area contributed by atoms with Crippen LogP contribution in [0.1, 0.15) is 29.5 Å². The molecule has 0 saturated carbocycles. The predicted molar refractivity (Wildman–Crippen MR) is 73.9 cm³/mol. The van der Waals surface area contributed by atoms with Crippen molar-refractivity contribution in [1.82, 2.24) is 15.0 Å². The summed E-state index contributed by atoms with van der Waals surface area (Å²) in [4.78, 5) is 11.1. The van der Waals surface area contributed by atoms with Crippen LogP contribution in [0.15, 0.2) is 18.2 Å². The van der Waals surface area contributed by atoms with Gasteiger partial charge in [0.2, 0.25) is 0 Å². The van der Waals surface area contributed by atoms with Crippen LogP contribution in [0.25, 0.3) is 5.69 Å². The van der Waals surface area contributed by atoms with Gasteiger partial charge in [0.05, 0.1) is 23.5 Å². The van der Waals surface area contributed by atoms with E-state index >= 15 is 0 Å². The summed E-state index contributed by atoms with van der Waals surface area (Å²) in [5, 5.41) is 17.2. The number of rotatable bonds is 5. The first-order valence-electron chi connectivity index (χ1n) is 6.10. The van der Waals surface area contributed by atoms with Crippen LogP contribution in [-0.4, -0.2) is 33.2 Å². The molecule has 0 amide bonds. The van der Waals surface area contributed by atoms with Gasteiger partial charge in [-0.05, 0) is 24.6 Å². The van der Waals surface area contributed by atoms with E-state index in [1.807, 2.05) is 6.92 Å². The van der Waals surface area contributed by atoms with Gasteiger partial charge in [-0.1, -0.05) is 30.2 Å². The second-order valence-electron chi connectivity index (χ2n) is 4.17. The molecular weight excluding hydrogens is 282 g/mol. The third kappa shape index (κ3) is 2.60. The SMILES string of the molecule is CCCc1c(C(=O)O)nnn1-c1ccc(OC)c(Cl)c1. The van der Waals surface area contributed by atoms with Crippen molar-refractivity contribution in [2.45, 2.75) is 19.8 Å². The van der Waals surface area contributed by atoms with Crippen molar-refractivity contribution in [1.29, 1.82) is 0 Å². The van der Waals surface area contributed by atoms with Crippen molar-refractivity contribution in [2.75, 3.05) is 7.11 Å². The number of aromatic nitrogens is 3. The number of halogens is 1. The number of benzene rings is 1. The Balaban J connectivity index is 2.52. The van der Waals surface area contributed by atoms with Crippen LogP contribution in [0.2, 0.25) is 5.02 Å². The monoisotopic (exact) mass is 295 g/mol. The lowest BCUT2D eigenvalue weighted by Crippen LogP contribution is -2.06. The van der Waals surface area contributed by atoms with E-state index in [2.05, 4.69) is 10.3 Å². The molecule has 1 aromatic heterocycles. The average Bonchev–Trinajstić information content (AvgIpc) is 2.83. The second kappa shape index (κ2) is 5.92. The van der Waals surface area contributed by atoms with Gasteiger partial charge in [0.1, 0.15) is 5.75 Å². The minimum absolute atomic E-state index is 0.0289. The van der Waals surface area contributed by atoms with E-state index in [0.717, 1.165) is 6.42 Å². The number of carboxylic acid groups (broad SMARTS) is 1. The summed E-state index contributed by atoms with van der Waals surface area (Å²) < 4.78 is 6.58. The molecule has 0 aliphatic rings. The molecule has 0 aliphatic carbocycles. The summed E-state index contributed by atoms with van der Waals surface area (Å²) in [7, 11) is 1.53. The topological polar surface area (TPSA) is 77.2 Å². The van der Waals surface area contributed by atoms with Gasteiger partial charge in [0.15, 0.2) is 5.69 Å². The Kier molecular flexibility index (Phi) is 4.24. The maximum Gasteiger partial charge on any atom is 0.358 e. The minimum atomic E-state index is -1.08. The number of carboxylic acids is 1. The van der Waals surface area contributed by atoms with Gasteiger partial charge >= 0.3 is 5.97 Å². The summed E-state index contributed by atoms with van der Waals surface area (Å²) in [6.45, 7) is 1.96. The summed E-state index contributed by atoms with van der Waals surface area (Å²) in [6.07, 6.45) is 1.36. The smallest absolute Gasteiger partial charge is 0.358 e. The molecule has 20 heavy (non-hydrogen) atoms. The first kappa shape index (κ1) is 14.3. The number of aromatic carboxylic acids is 1. The molecule has 1 heterocycles. The largest absolute Gasteiger partial charge is 0.495 e. The van der Waals surface area contributed by atoms with Crippen LogP contribution in [0, 0.1) is 0 Å². The zero-order valence-corrected chi connectivity index (χ0v) is 11.9. The van der Waals surface area contributed by atoms with Crippen molar-refractivity contribution in [3.63, 3.8) is 0 Å². The van der Waals surface area contributed by atoms with Gasteiger partial charge in [-0.2, -0.15) is 0 Å². The van der Waals surface area contributed by atoms with Crippen LogP contribution in [0.3, 0.4) is 0 Å². The highest BCUT2D eigenvalue weighted by Gasteiger charge is 2.19. The number of hydrogen-bond donors (Lipinski definition) is 1. The molecule has 0 fully saturated rings. The fourth-order valence-corrected chi connectivity index (χ4v) is 2.18. The molecule has 0 unspecified atom stereocenters. The Bertz CT molecular complexity index is 640. The highest BCUT2D eigenvalue weighted by molar-refractivity contribution is 6.32. The average molecular weight is 296 g/mol. The normalized spacial score (nSPS) is 10.6. The van der Waals surface area contributed by atoms with Gasteiger partial charge in [-0.15, -0.1) is 5.10 Å². The van der Waals surface area contributed by atoms with Crippen molar-refractivity contribution in [3.8, 4) is 11.4 Å². The van der Waals surface area contributed by atoms with Gasteiger partial charge < -0.3 is 9.84 Å². The van der Waals surface area contributed by atoms with Crippen molar-refractivity contribution >= 4 is 17.6 Å². The van der Waals surface area contributed by atoms with E-state index in [-0.39, 0.29) is 5.69 Å². The summed E-state index contributed by atoms with van der Waals surface area (Å²) in [6, 6.07) is 5.12. The van der Waals surface area contributed by atoms with E-state index in [0.29, 0.717) is 28.6 Å². The number of carbonyl (C=O) groups is 1. The quantitative estimate of drug-likeness (QED) is 0.917. The summed E-state index contributed by atoms with van der Waals surface area (Å²) in [5.41, 5.74) is 1.18. The standard InChI is InChI=1S/C13H14ClN3O3/c1-3-4-10-12(13(18)19)15-16-17(10)8-5-6-11(20-2)9(14)7-8/h5-7H,3-4H2,1-2H3,(H,18,19). The Labute approximate surface area is 120 Å². The number of ether oxygens (including phenoxy) is 1. The van der Waals surface area contributed by atoms with Crippen molar-refractivity contribution in [3.05, 3.63) is 34.6 Å². The number of methoxy groups -OCH3 is 1. The highest BCUT2D eigenvalue weighted by atomic mass is 35.5. The second-order valence-corrected chi connectivity index (χ2v) is 4.58. The number of nitrogens with zero attached hydrogens (tertiary/aromatic N) is 3. The lowest BCUT2D eigenvalue weighted by Gasteiger charge is -2.08. The van der Waals surface area contributed by atoms with Crippen LogP contribution >= 0.6 is 11.6 Å². The molecule has 0 atom stereocenters. The Morgan fingerprint density at radius 3 is 2.80 bits per heavy atom. The molecule has 2 aromatic rings. The Hall–Kier alpha value is -2.08. The zero-order chi connectivity index (χ0) is 14.7. The molecule has 0 spiro atoms. The molecule has 0 radical (unpaired) electrons. The highest BCUT2D eigenvalue weighted by Crippen LogP contribution is 2.27. The molecule has 2 rings (SSSR count). The predicted octanol–water partition coefficient (Wildman–Crippen LogP) is 2.58. The van der Waals surface area contributed by atoms with E-state index in [1.165, 1.54) is 11.8 Å². The molecule has 7 heteroatoms. The van der Waals surface area contributed by atoms with Crippen molar-refractivity contribution < 1.29 is 14.6 Å². The van der Waals surface area contributed by atoms with Crippen LogP contribution < -0.4 is 4.74 Å². The van der Waals surface area contributed by atoms with Gasteiger partial charge in [0.25, 0.3) is 0 Å². The minimum Gasteiger partial charge on any atom is -0.495 e. The zero-order valence-electron chi connectivity index (χ0n) is 11.1. The third-order valence-corrected chi connectivity index (χ3v) is 3.13. The number of hydrogen-bond acceptors (Lipinski definition) is 4. The van der Waals surface area contributed by atoms with E-state index < -0.39 is 5.97 Å². The molecule has 106 valence electrons. The summed E-state index contributed by atoms with van der Waals surface area (Å²) in [5.74, 6) is -0.537. The molecule has 1 N–H and O–H groups in total. The first-order chi connectivity index (χ1) is 9.58. The lowest BCUT2D eigenvalue weighted by molar-refractivity contribution is 0.0689. The van der Waals surface area contributed by atoms with Crippen LogP contribution in [0.4, 0.5) is 0 Å². The van der Waals surface area contributed by atoms with Gasteiger partial charge in [-0.3, -0.25) is 0 Å². The molecule has 0 saturated heterocycles. The van der Waals surface area contributed by atoms with E-state index in [9.17, 15) is 4.79 Å². The van der Waals surface area contributed by atoms with Gasteiger partial charge in [0, 0.05) is 0 Å². The molecule has 1 aromatic carbocycles. The third-order valence-electron chi connectivity index (χ3n) is 2.83. The fourth-order valence-electron chi connectivity index (χ4n) is 1.92. The van der Waals surface area contributed by atoms with Crippen LogP contribution in [-0.2, 0) is 6.42 Å². The van der Waals surface area contributed by atoms with E-state index in [4.69, 9.17) is 21.4 Å². The summed E-state index contributed by atoms with van der Waals surface area (Å²) >= 11 is 6.08. The molecule has 0 aliphatic heterocycles. The Morgan fingerprint density at radius 1 is 1.50 bits per heavy atom. The Morgan fingerprint density at radius 2 is 2.25 bits per heavy atom. The van der Waals surface area contributed by atoms with Crippen LogP contribution in [0.5, 0.6) is 5.75 Å². The molecular formula is C13H14ClN3O3. The maximum absolute atomic E-state index is 11.1. The molecule has 6 nitrogen and oxygen atoms in total. The van der Waals surface area contributed by atoms with Gasteiger partial charge in [-0.25, -0.2) is 9.48 Å². The first-order valence-corrected chi connectivity index (χ1v) is 6.48. The fraction of sp³-hybridized carbons (Fsp3) is 0.308. The van der Waals surface area contributed by atoms with E-state index in [1.54, 1.807) is 18.2 Å².